The molecule has 0 unspecified atom stereocenters. The summed E-state index contributed by atoms with van der Waals surface area (Å²) in [5.74, 6) is 0.303. The zero-order valence-electron chi connectivity index (χ0n) is 16.1. The maximum Gasteiger partial charge on any atom is 0.241 e. The van der Waals surface area contributed by atoms with Crippen molar-refractivity contribution < 1.29 is 13.2 Å². The van der Waals surface area contributed by atoms with E-state index in [2.05, 4.69) is 24.5 Å². The summed E-state index contributed by atoms with van der Waals surface area (Å²) in [6.45, 7) is 7.94. The van der Waals surface area contributed by atoms with Crippen LogP contribution >= 0.6 is 0 Å². The Morgan fingerprint density at radius 1 is 0.889 bits per heavy atom. The second-order valence-corrected chi connectivity index (χ2v) is 8.55. The third kappa shape index (κ3) is 5.89. The van der Waals surface area contributed by atoms with Crippen molar-refractivity contribution in [2.75, 3.05) is 5.32 Å². The molecule has 0 saturated heterocycles. The lowest BCUT2D eigenvalue weighted by Gasteiger charge is -2.20. The van der Waals surface area contributed by atoms with E-state index in [1.807, 2.05) is 31.2 Å². The topological polar surface area (TPSA) is 101 Å². The summed E-state index contributed by atoms with van der Waals surface area (Å²) in [4.78, 5) is 12.5. The first-order valence-corrected chi connectivity index (χ1v) is 10.4. The zero-order valence-corrected chi connectivity index (χ0v) is 16.9. The Balaban J connectivity index is 1.96. The van der Waals surface area contributed by atoms with Crippen molar-refractivity contribution in [1.82, 2.24) is 5.32 Å². The number of nitrogens with two attached hydrogens (primary N) is 1. The maximum atomic E-state index is 12.4. The summed E-state index contributed by atoms with van der Waals surface area (Å²) < 4.78 is 22.6. The van der Waals surface area contributed by atoms with Gasteiger partial charge in [-0.05, 0) is 55.2 Å². The Morgan fingerprint density at radius 2 is 1.41 bits per heavy atom. The molecule has 7 heteroatoms. The lowest BCUT2D eigenvalue weighted by Crippen LogP contribution is -2.39. The molecule has 2 rings (SSSR count). The van der Waals surface area contributed by atoms with Gasteiger partial charge in [-0.3, -0.25) is 10.1 Å². The molecule has 0 spiro atoms. The lowest BCUT2D eigenvalue weighted by atomic mass is 10.0. The molecule has 0 aliphatic carbocycles. The van der Waals surface area contributed by atoms with Crippen molar-refractivity contribution in [2.45, 2.75) is 50.6 Å². The highest BCUT2D eigenvalue weighted by Gasteiger charge is 2.17. The summed E-state index contributed by atoms with van der Waals surface area (Å²) in [6.07, 6.45) is 0. The van der Waals surface area contributed by atoms with Crippen LogP contribution in [0.4, 0.5) is 5.69 Å². The van der Waals surface area contributed by atoms with Crippen LogP contribution in [0.3, 0.4) is 0 Å². The molecule has 2 aromatic rings. The zero-order chi connectivity index (χ0) is 20.2. The minimum absolute atomic E-state index is 0.0640. The van der Waals surface area contributed by atoms with Gasteiger partial charge in [-0.1, -0.05) is 38.1 Å². The molecule has 4 N–H and O–H groups in total. The summed E-state index contributed by atoms with van der Waals surface area (Å²) in [5.41, 5.74) is 2.84. The summed E-state index contributed by atoms with van der Waals surface area (Å²) >= 11 is 0. The van der Waals surface area contributed by atoms with E-state index in [9.17, 15) is 13.2 Å². The van der Waals surface area contributed by atoms with E-state index in [-0.39, 0.29) is 16.8 Å². The standard InChI is InChI=1S/C20H27N3O3S/c1-13(2)16-5-9-18(10-6-16)23-20(24)15(4)22-14(3)17-7-11-19(12-8-17)27(21,25)26/h5-15,22H,1-4H3,(H,23,24)(H2,21,25,26)/t14-,15-/m1/s1. The van der Waals surface area contributed by atoms with Crippen LogP contribution in [-0.2, 0) is 14.8 Å². The van der Waals surface area contributed by atoms with Gasteiger partial charge in [-0.15, -0.1) is 0 Å². The van der Waals surface area contributed by atoms with E-state index in [1.54, 1.807) is 19.1 Å². The SMILES string of the molecule is CC(C)c1ccc(NC(=O)[C@@H](C)N[C@H](C)c2ccc(S(N)(=O)=O)cc2)cc1. The summed E-state index contributed by atoms with van der Waals surface area (Å²) in [7, 11) is -3.71. The second-order valence-electron chi connectivity index (χ2n) is 6.99. The molecule has 0 fully saturated rings. The Kier molecular flexibility index (Phi) is 6.75. The fraction of sp³-hybridized carbons (Fsp3) is 0.350. The average molecular weight is 390 g/mol. The molecular weight excluding hydrogens is 362 g/mol. The summed E-state index contributed by atoms with van der Waals surface area (Å²) in [5, 5.41) is 11.2. The number of hydrogen-bond acceptors (Lipinski definition) is 4. The Hall–Kier alpha value is -2.22. The second kappa shape index (κ2) is 8.65. The molecule has 0 radical (unpaired) electrons. The van der Waals surface area contributed by atoms with Gasteiger partial charge in [0.25, 0.3) is 0 Å². The highest BCUT2D eigenvalue weighted by atomic mass is 32.2. The number of benzene rings is 2. The van der Waals surface area contributed by atoms with Gasteiger partial charge in [-0.25, -0.2) is 13.6 Å². The van der Waals surface area contributed by atoms with E-state index < -0.39 is 16.1 Å². The van der Waals surface area contributed by atoms with Crippen molar-refractivity contribution in [3.05, 3.63) is 59.7 Å². The van der Waals surface area contributed by atoms with Gasteiger partial charge in [0.1, 0.15) is 0 Å². The van der Waals surface area contributed by atoms with Gasteiger partial charge in [0.05, 0.1) is 10.9 Å². The van der Waals surface area contributed by atoms with Gasteiger partial charge in [-0.2, -0.15) is 0 Å². The highest BCUT2D eigenvalue weighted by molar-refractivity contribution is 7.89. The number of nitrogens with one attached hydrogen (secondary N) is 2. The van der Waals surface area contributed by atoms with E-state index in [0.717, 1.165) is 11.3 Å². The molecule has 6 nitrogen and oxygen atoms in total. The molecule has 0 heterocycles. The molecule has 0 aliphatic heterocycles. The highest BCUT2D eigenvalue weighted by Crippen LogP contribution is 2.18. The molecule has 0 aromatic heterocycles. The average Bonchev–Trinajstić information content (AvgIpc) is 2.61. The number of hydrogen-bond donors (Lipinski definition) is 3. The minimum atomic E-state index is -3.71. The molecule has 0 saturated carbocycles. The predicted molar refractivity (Wildman–Crippen MR) is 108 cm³/mol. The lowest BCUT2D eigenvalue weighted by molar-refractivity contribution is -0.117. The van der Waals surface area contributed by atoms with Crippen LogP contribution in [0.25, 0.3) is 0 Å². The van der Waals surface area contributed by atoms with Crippen LogP contribution in [0.15, 0.2) is 53.4 Å². The largest absolute Gasteiger partial charge is 0.325 e. The van der Waals surface area contributed by atoms with Crippen molar-refractivity contribution in [3.63, 3.8) is 0 Å². The molecule has 2 aromatic carbocycles. The van der Waals surface area contributed by atoms with E-state index in [4.69, 9.17) is 5.14 Å². The smallest absolute Gasteiger partial charge is 0.241 e. The Morgan fingerprint density at radius 3 is 1.89 bits per heavy atom. The molecular formula is C20H27N3O3S. The predicted octanol–water partition coefficient (Wildman–Crippen LogP) is 3.14. The number of carbonyl (C=O) groups is 1. The van der Waals surface area contributed by atoms with Crippen LogP contribution in [0.1, 0.15) is 50.8 Å². The van der Waals surface area contributed by atoms with Crippen molar-refractivity contribution in [2.24, 2.45) is 5.14 Å². The van der Waals surface area contributed by atoms with Crippen LogP contribution in [-0.4, -0.2) is 20.4 Å². The first kappa shape index (κ1) is 21.1. The van der Waals surface area contributed by atoms with Gasteiger partial charge in [0, 0.05) is 11.7 Å². The Labute approximate surface area is 161 Å². The Bertz CT molecular complexity index is 876. The van der Waals surface area contributed by atoms with Gasteiger partial charge in [0.2, 0.25) is 15.9 Å². The van der Waals surface area contributed by atoms with Crippen molar-refractivity contribution >= 4 is 21.6 Å². The van der Waals surface area contributed by atoms with E-state index >= 15 is 0 Å². The van der Waals surface area contributed by atoms with Crippen molar-refractivity contribution in [1.29, 1.82) is 0 Å². The van der Waals surface area contributed by atoms with Crippen LogP contribution in [0.2, 0.25) is 0 Å². The molecule has 146 valence electrons. The van der Waals surface area contributed by atoms with Gasteiger partial charge < -0.3 is 5.32 Å². The number of primary sulfonamides is 1. The van der Waals surface area contributed by atoms with Gasteiger partial charge in [0.15, 0.2) is 0 Å². The van der Waals surface area contributed by atoms with Crippen LogP contribution in [0.5, 0.6) is 0 Å². The molecule has 27 heavy (non-hydrogen) atoms. The van der Waals surface area contributed by atoms with E-state index in [0.29, 0.717) is 5.92 Å². The third-order valence-electron chi connectivity index (χ3n) is 4.45. The fourth-order valence-corrected chi connectivity index (χ4v) is 3.21. The van der Waals surface area contributed by atoms with Crippen LogP contribution < -0.4 is 15.8 Å². The number of carbonyl (C=O) groups excluding carboxylic acids is 1. The minimum Gasteiger partial charge on any atom is -0.325 e. The number of rotatable bonds is 7. The molecule has 1 amide bonds. The fourth-order valence-electron chi connectivity index (χ4n) is 2.69. The number of amides is 1. The number of sulfonamides is 1. The monoisotopic (exact) mass is 389 g/mol. The first-order chi connectivity index (χ1) is 12.6. The first-order valence-electron chi connectivity index (χ1n) is 8.87. The molecule has 0 bridgehead atoms. The summed E-state index contributed by atoms with van der Waals surface area (Å²) in [6, 6.07) is 13.5. The van der Waals surface area contributed by atoms with Crippen molar-refractivity contribution in [3.8, 4) is 0 Å². The third-order valence-corrected chi connectivity index (χ3v) is 5.38. The molecule has 0 aliphatic rings. The number of anilines is 1. The maximum absolute atomic E-state index is 12.4. The van der Waals surface area contributed by atoms with Crippen LogP contribution in [0, 0.1) is 0 Å². The molecule has 2 atom stereocenters. The van der Waals surface area contributed by atoms with Gasteiger partial charge >= 0.3 is 0 Å². The normalized spacial score (nSPS) is 14.0. The van der Waals surface area contributed by atoms with E-state index in [1.165, 1.54) is 17.7 Å². The quantitative estimate of drug-likeness (QED) is 0.677.